The van der Waals surface area contributed by atoms with Gasteiger partial charge in [-0.1, -0.05) is 6.92 Å². The van der Waals surface area contributed by atoms with Crippen molar-refractivity contribution < 1.29 is 17.9 Å². The monoisotopic (exact) mass is 363 g/mol. The first-order chi connectivity index (χ1) is 12.0. The number of benzene rings is 1. The largest absolute Gasteiger partial charge is 0.486 e. The zero-order valence-electron chi connectivity index (χ0n) is 14.2. The molecule has 25 heavy (non-hydrogen) atoms. The molecule has 2 N–H and O–H groups in total. The quantitative estimate of drug-likeness (QED) is 0.820. The van der Waals surface area contributed by atoms with E-state index in [1.807, 2.05) is 0 Å². The Labute approximate surface area is 147 Å². The summed E-state index contributed by atoms with van der Waals surface area (Å²) in [5, 5.41) is 3.23. The molecule has 2 aromatic rings. The first-order valence-electron chi connectivity index (χ1n) is 8.13. The predicted molar refractivity (Wildman–Crippen MR) is 95.9 cm³/mol. The molecule has 134 valence electrons. The maximum absolute atomic E-state index is 12.5. The normalized spacial score (nSPS) is 14.6. The molecular formula is C17H21N3O4S. The van der Waals surface area contributed by atoms with Crippen molar-refractivity contribution in [1.29, 1.82) is 0 Å². The average Bonchev–Trinajstić information content (AvgIpc) is 2.62. The Hall–Kier alpha value is -2.48. The summed E-state index contributed by atoms with van der Waals surface area (Å²) in [5.74, 6) is 1.68. The Morgan fingerprint density at radius 2 is 1.92 bits per heavy atom. The number of nitrogens with one attached hydrogen (secondary N) is 2. The average molecular weight is 363 g/mol. The van der Waals surface area contributed by atoms with E-state index in [1.165, 1.54) is 18.3 Å². The van der Waals surface area contributed by atoms with Crippen molar-refractivity contribution >= 4 is 21.5 Å². The van der Waals surface area contributed by atoms with Crippen LogP contribution in [0.4, 0.5) is 11.5 Å². The number of fused-ring (bicyclic) bond motifs is 1. The van der Waals surface area contributed by atoms with Crippen molar-refractivity contribution in [2.75, 3.05) is 23.3 Å². The SMILES string of the molecule is CCC(C)Nc1ccc(NS(=O)(=O)c2ccc3c(c2)OCCO3)cn1. The number of pyridine rings is 1. The lowest BCUT2D eigenvalue weighted by Crippen LogP contribution is -2.17. The Morgan fingerprint density at radius 3 is 2.60 bits per heavy atom. The van der Waals surface area contributed by atoms with Gasteiger partial charge in [-0.2, -0.15) is 0 Å². The number of rotatable bonds is 6. The van der Waals surface area contributed by atoms with Crippen molar-refractivity contribution in [1.82, 2.24) is 4.98 Å². The fraction of sp³-hybridized carbons (Fsp3) is 0.353. The molecule has 1 unspecified atom stereocenters. The second-order valence-corrected chi connectivity index (χ2v) is 7.48. The number of anilines is 2. The van der Waals surface area contributed by atoms with Gasteiger partial charge in [0.15, 0.2) is 11.5 Å². The summed E-state index contributed by atoms with van der Waals surface area (Å²) in [4.78, 5) is 4.34. The molecule has 7 nitrogen and oxygen atoms in total. The number of aromatic nitrogens is 1. The van der Waals surface area contributed by atoms with Gasteiger partial charge in [-0.05, 0) is 37.6 Å². The van der Waals surface area contributed by atoms with Crippen LogP contribution < -0.4 is 19.5 Å². The van der Waals surface area contributed by atoms with Crippen LogP contribution in [0.25, 0.3) is 0 Å². The van der Waals surface area contributed by atoms with Crippen molar-refractivity contribution in [2.45, 2.75) is 31.2 Å². The highest BCUT2D eigenvalue weighted by molar-refractivity contribution is 7.92. The summed E-state index contributed by atoms with van der Waals surface area (Å²) in [6.45, 7) is 4.99. The third-order valence-electron chi connectivity index (χ3n) is 3.85. The molecule has 0 aliphatic carbocycles. The van der Waals surface area contributed by atoms with Gasteiger partial charge in [0.1, 0.15) is 19.0 Å². The van der Waals surface area contributed by atoms with Crippen LogP contribution in [0.3, 0.4) is 0 Å². The van der Waals surface area contributed by atoms with Gasteiger partial charge in [0.25, 0.3) is 10.0 Å². The van der Waals surface area contributed by atoms with Crippen LogP contribution in [0.15, 0.2) is 41.4 Å². The van der Waals surface area contributed by atoms with Gasteiger partial charge in [-0.3, -0.25) is 4.72 Å². The van der Waals surface area contributed by atoms with E-state index in [1.54, 1.807) is 18.2 Å². The van der Waals surface area contributed by atoms with Gasteiger partial charge < -0.3 is 14.8 Å². The number of nitrogens with zero attached hydrogens (tertiary/aromatic N) is 1. The maximum Gasteiger partial charge on any atom is 0.262 e. The van der Waals surface area contributed by atoms with E-state index in [0.717, 1.165) is 6.42 Å². The standard InChI is InChI=1S/C17H21N3O4S/c1-3-12(2)19-17-7-4-13(11-18-17)20-25(21,22)14-5-6-15-16(10-14)24-9-8-23-15/h4-7,10-12,20H,3,8-9H2,1-2H3,(H,18,19). The first kappa shape index (κ1) is 17.3. The number of ether oxygens (including phenoxy) is 2. The summed E-state index contributed by atoms with van der Waals surface area (Å²) in [6, 6.07) is 8.26. The van der Waals surface area contributed by atoms with Crippen molar-refractivity contribution in [3.05, 3.63) is 36.5 Å². The zero-order valence-corrected chi connectivity index (χ0v) is 15.0. The molecule has 1 aromatic heterocycles. The fourth-order valence-corrected chi connectivity index (χ4v) is 3.36. The van der Waals surface area contributed by atoms with Gasteiger partial charge in [-0.15, -0.1) is 0 Å². The van der Waals surface area contributed by atoms with Crippen LogP contribution in [-0.4, -0.2) is 32.7 Å². The van der Waals surface area contributed by atoms with Crippen molar-refractivity contribution in [3.8, 4) is 11.5 Å². The zero-order chi connectivity index (χ0) is 17.9. The van der Waals surface area contributed by atoms with Crippen molar-refractivity contribution in [3.63, 3.8) is 0 Å². The molecule has 1 aliphatic rings. The molecule has 8 heteroatoms. The molecule has 0 saturated carbocycles. The molecule has 2 heterocycles. The number of hydrogen-bond donors (Lipinski definition) is 2. The minimum absolute atomic E-state index is 0.110. The Bertz CT molecular complexity index is 837. The Kier molecular flexibility index (Phi) is 4.98. The molecule has 0 spiro atoms. The molecule has 1 atom stereocenters. The van der Waals surface area contributed by atoms with Crippen LogP contribution in [0.1, 0.15) is 20.3 Å². The van der Waals surface area contributed by atoms with Crippen LogP contribution in [0, 0.1) is 0 Å². The molecule has 0 saturated heterocycles. The van der Waals surface area contributed by atoms with Crippen LogP contribution in [0.5, 0.6) is 11.5 Å². The van der Waals surface area contributed by atoms with E-state index in [9.17, 15) is 8.42 Å². The lowest BCUT2D eigenvalue weighted by Gasteiger charge is -2.19. The number of hydrogen-bond acceptors (Lipinski definition) is 6. The molecule has 0 bridgehead atoms. The highest BCUT2D eigenvalue weighted by Crippen LogP contribution is 2.32. The molecule has 0 amide bonds. The van der Waals surface area contributed by atoms with Gasteiger partial charge in [-0.25, -0.2) is 13.4 Å². The topological polar surface area (TPSA) is 89.5 Å². The highest BCUT2D eigenvalue weighted by Gasteiger charge is 2.19. The smallest absolute Gasteiger partial charge is 0.262 e. The summed E-state index contributed by atoms with van der Waals surface area (Å²) >= 11 is 0. The summed E-state index contributed by atoms with van der Waals surface area (Å²) in [5.41, 5.74) is 0.393. The van der Waals surface area contributed by atoms with Crippen LogP contribution in [0.2, 0.25) is 0 Å². The minimum atomic E-state index is -3.73. The molecule has 0 fully saturated rings. The van der Waals surface area contributed by atoms with E-state index in [-0.39, 0.29) is 4.90 Å². The Balaban J connectivity index is 1.75. The third-order valence-corrected chi connectivity index (χ3v) is 5.23. The Morgan fingerprint density at radius 1 is 1.16 bits per heavy atom. The molecule has 1 aromatic carbocycles. The molecular weight excluding hydrogens is 342 g/mol. The lowest BCUT2D eigenvalue weighted by atomic mass is 10.2. The van der Waals surface area contributed by atoms with E-state index in [0.29, 0.717) is 42.3 Å². The fourth-order valence-electron chi connectivity index (χ4n) is 2.30. The van der Waals surface area contributed by atoms with Gasteiger partial charge >= 0.3 is 0 Å². The van der Waals surface area contributed by atoms with E-state index < -0.39 is 10.0 Å². The second kappa shape index (κ2) is 7.18. The van der Waals surface area contributed by atoms with Crippen LogP contribution in [-0.2, 0) is 10.0 Å². The summed E-state index contributed by atoms with van der Waals surface area (Å²) < 4.78 is 38.5. The first-order valence-corrected chi connectivity index (χ1v) is 9.61. The van der Waals surface area contributed by atoms with Gasteiger partial charge in [0, 0.05) is 12.1 Å². The molecule has 3 rings (SSSR count). The third kappa shape index (κ3) is 4.14. The molecule has 0 radical (unpaired) electrons. The highest BCUT2D eigenvalue weighted by atomic mass is 32.2. The minimum Gasteiger partial charge on any atom is -0.486 e. The van der Waals surface area contributed by atoms with E-state index >= 15 is 0 Å². The predicted octanol–water partition coefficient (Wildman–Crippen LogP) is 2.86. The van der Waals surface area contributed by atoms with E-state index in [4.69, 9.17) is 9.47 Å². The molecule has 1 aliphatic heterocycles. The summed E-state index contributed by atoms with van der Waals surface area (Å²) in [7, 11) is -3.73. The van der Waals surface area contributed by atoms with Crippen LogP contribution >= 0.6 is 0 Å². The van der Waals surface area contributed by atoms with Crippen molar-refractivity contribution in [2.24, 2.45) is 0 Å². The van der Waals surface area contributed by atoms with Gasteiger partial charge in [0.05, 0.1) is 16.8 Å². The second-order valence-electron chi connectivity index (χ2n) is 5.80. The van der Waals surface area contributed by atoms with E-state index in [2.05, 4.69) is 28.9 Å². The maximum atomic E-state index is 12.5. The number of sulfonamides is 1. The summed E-state index contributed by atoms with van der Waals surface area (Å²) in [6.07, 6.45) is 2.46. The van der Waals surface area contributed by atoms with Gasteiger partial charge in [0.2, 0.25) is 0 Å². The lowest BCUT2D eigenvalue weighted by molar-refractivity contribution is 0.171.